The van der Waals surface area contributed by atoms with E-state index in [1.54, 1.807) is 19.9 Å². The lowest BCUT2D eigenvalue weighted by atomic mass is 10.1. The van der Waals surface area contributed by atoms with Crippen LogP contribution in [0.4, 0.5) is 19.5 Å². The Balaban J connectivity index is 1.76. The van der Waals surface area contributed by atoms with Gasteiger partial charge in [-0.3, -0.25) is 0 Å². The number of aryl methyl sites for hydroxylation is 1. The van der Waals surface area contributed by atoms with Crippen molar-refractivity contribution in [3.05, 3.63) is 76.2 Å². The summed E-state index contributed by atoms with van der Waals surface area (Å²) in [4.78, 5) is 13.4. The molecule has 0 unspecified atom stereocenters. The summed E-state index contributed by atoms with van der Waals surface area (Å²) in [5.74, 6) is -0.367. The number of thiophene rings is 1. The van der Waals surface area contributed by atoms with Crippen LogP contribution in [0.2, 0.25) is 0 Å². The highest BCUT2D eigenvalue weighted by molar-refractivity contribution is 7.80. The molecule has 1 heterocycles. The molecule has 0 aliphatic rings. The maximum absolute atomic E-state index is 12.5. The van der Waals surface area contributed by atoms with Crippen molar-refractivity contribution in [2.75, 3.05) is 17.2 Å². The predicted molar refractivity (Wildman–Crippen MR) is 127 cm³/mol. The number of esters is 1. The van der Waals surface area contributed by atoms with Gasteiger partial charge in [0.2, 0.25) is 0 Å². The molecule has 9 heteroatoms. The third-order valence-electron chi connectivity index (χ3n) is 4.40. The first-order chi connectivity index (χ1) is 15.4. The van der Waals surface area contributed by atoms with Crippen LogP contribution in [0, 0.1) is 6.92 Å². The SMILES string of the molecule is CCOC(=O)c1cc(Cc2ccccc2)sc1NC(=S)Nc1ccc(OC(F)F)cc1C. The average molecular weight is 477 g/mol. The smallest absolute Gasteiger partial charge is 0.387 e. The van der Waals surface area contributed by atoms with Crippen molar-refractivity contribution in [3.8, 4) is 5.75 Å². The summed E-state index contributed by atoms with van der Waals surface area (Å²) in [5, 5.41) is 6.92. The summed E-state index contributed by atoms with van der Waals surface area (Å²) in [6.45, 7) is 0.868. The Morgan fingerprint density at radius 1 is 1.12 bits per heavy atom. The summed E-state index contributed by atoms with van der Waals surface area (Å²) in [5.41, 5.74) is 2.83. The molecule has 0 saturated heterocycles. The van der Waals surface area contributed by atoms with E-state index in [1.165, 1.54) is 23.5 Å². The Labute approximate surface area is 194 Å². The van der Waals surface area contributed by atoms with Gasteiger partial charge in [-0.25, -0.2) is 4.79 Å². The summed E-state index contributed by atoms with van der Waals surface area (Å²) in [6, 6.07) is 16.3. The lowest BCUT2D eigenvalue weighted by Crippen LogP contribution is -2.20. The van der Waals surface area contributed by atoms with Crippen LogP contribution in [0.15, 0.2) is 54.6 Å². The number of alkyl halides is 2. The molecular weight excluding hydrogens is 454 g/mol. The zero-order chi connectivity index (χ0) is 23.1. The minimum absolute atomic E-state index is 0.0651. The molecule has 0 aliphatic heterocycles. The van der Waals surface area contributed by atoms with Gasteiger partial charge in [-0.05, 0) is 61.5 Å². The van der Waals surface area contributed by atoms with Gasteiger partial charge < -0.3 is 20.1 Å². The quantitative estimate of drug-likeness (QED) is 0.297. The second-order valence-electron chi connectivity index (χ2n) is 6.77. The first-order valence-electron chi connectivity index (χ1n) is 9.83. The van der Waals surface area contributed by atoms with Gasteiger partial charge in [-0.15, -0.1) is 11.3 Å². The standard InChI is InChI=1S/C23H22F2N2O3S2/c1-3-29-21(28)18-13-17(12-15-7-5-4-6-8-15)32-20(18)27-23(31)26-19-10-9-16(11-14(19)2)30-22(24)25/h4-11,13,22H,3,12H2,1-2H3,(H2,26,27,31). The van der Waals surface area contributed by atoms with Crippen molar-refractivity contribution < 1.29 is 23.0 Å². The molecule has 0 bridgehead atoms. The van der Waals surface area contributed by atoms with Crippen LogP contribution < -0.4 is 15.4 Å². The Hall–Kier alpha value is -3.04. The van der Waals surface area contributed by atoms with Gasteiger partial charge in [-0.1, -0.05) is 30.3 Å². The van der Waals surface area contributed by atoms with E-state index in [4.69, 9.17) is 17.0 Å². The van der Waals surface area contributed by atoms with Gasteiger partial charge in [0.1, 0.15) is 10.8 Å². The number of carbonyl (C=O) groups is 1. The molecule has 0 fully saturated rings. The monoisotopic (exact) mass is 476 g/mol. The van der Waals surface area contributed by atoms with E-state index in [-0.39, 0.29) is 17.5 Å². The fourth-order valence-electron chi connectivity index (χ4n) is 2.99. The van der Waals surface area contributed by atoms with E-state index < -0.39 is 12.6 Å². The molecule has 2 N–H and O–H groups in total. The highest BCUT2D eigenvalue weighted by Crippen LogP contribution is 2.31. The third kappa shape index (κ3) is 6.48. The largest absolute Gasteiger partial charge is 0.462 e. The predicted octanol–water partition coefficient (Wildman–Crippen LogP) is 6.23. The molecule has 3 rings (SSSR count). The zero-order valence-corrected chi connectivity index (χ0v) is 19.1. The molecule has 0 spiro atoms. The Morgan fingerprint density at radius 3 is 2.53 bits per heavy atom. The first kappa shape index (κ1) is 23.6. The topological polar surface area (TPSA) is 59.6 Å². The van der Waals surface area contributed by atoms with E-state index >= 15 is 0 Å². The second-order valence-corrected chi connectivity index (χ2v) is 8.32. The highest BCUT2D eigenvalue weighted by Gasteiger charge is 2.19. The van der Waals surface area contributed by atoms with Crippen molar-refractivity contribution >= 4 is 45.3 Å². The zero-order valence-electron chi connectivity index (χ0n) is 17.5. The molecule has 3 aromatic rings. The summed E-state index contributed by atoms with van der Waals surface area (Å²) < 4.78 is 34.4. The van der Waals surface area contributed by atoms with Crippen LogP contribution in [0.3, 0.4) is 0 Å². The Bertz CT molecular complexity index is 1090. The van der Waals surface area contributed by atoms with E-state index in [0.717, 1.165) is 10.4 Å². The number of thiocarbonyl (C=S) groups is 1. The van der Waals surface area contributed by atoms with Gasteiger partial charge >= 0.3 is 12.6 Å². The number of hydrogen-bond acceptors (Lipinski definition) is 5. The third-order valence-corrected chi connectivity index (χ3v) is 5.65. The van der Waals surface area contributed by atoms with E-state index in [0.29, 0.717) is 28.2 Å². The van der Waals surface area contributed by atoms with Crippen LogP contribution in [-0.2, 0) is 11.2 Å². The van der Waals surface area contributed by atoms with Crippen LogP contribution in [0.25, 0.3) is 0 Å². The minimum Gasteiger partial charge on any atom is -0.462 e. The Kier molecular flexibility index (Phi) is 8.13. The van der Waals surface area contributed by atoms with Crippen LogP contribution in [0.5, 0.6) is 5.75 Å². The minimum atomic E-state index is -2.89. The molecule has 0 saturated carbocycles. The van der Waals surface area contributed by atoms with E-state index in [2.05, 4.69) is 15.4 Å². The summed E-state index contributed by atoms with van der Waals surface area (Å²) in [6.07, 6.45) is 0.671. The lowest BCUT2D eigenvalue weighted by molar-refractivity contribution is -0.0498. The van der Waals surface area contributed by atoms with Crippen molar-refractivity contribution in [2.24, 2.45) is 0 Å². The van der Waals surface area contributed by atoms with Gasteiger partial charge in [0, 0.05) is 17.0 Å². The first-order valence-corrected chi connectivity index (χ1v) is 11.1. The molecule has 2 aromatic carbocycles. The van der Waals surface area contributed by atoms with Gasteiger partial charge in [-0.2, -0.15) is 8.78 Å². The summed E-state index contributed by atoms with van der Waals surface area (Å²) >= 11 is 6.83. The second kappa shape index (κ2) is 11.0. The van der Waals surface area contributed by atoms with Crippen molar-refractivity contribution in [2.45, 2.75) is 26.9 Å². The molecule has 0 atom stereocenters. The number of rotatable bonds is 8. The van der Waals surface area contributed by atoms with Gasteiger partial charge in [0.25, 0.3) is 0 Å². The number of ether oxygens (including phenoxy) is 2. The molecule has 0 radical (unpaired) electrons. The fourth-order valence-corrected chi connectivity index (χ4v) is 4.35. The average Bonchev–Trinajstić information content (AvgIpc) is 3.12. The van der Waals surface area contributed by atoms with E-state index in [1.807, 2.05) is 36.4 Å². The maximum atomic E-state index is 12.5. The van der Waals surface area contributed by atoms with Crippen LogP contribution >= 0.6 is 23.6 Å². The number of benzene rings is 2. The lowest BCUT2D eigenvalue weighted by Gasteiger charge is -2.14. The van der Waals surface area contributed by atoms with E-state index in [9.17, 15) is 13.6 Å². The van der Waals surface area contributed by atoms with Crippen molar-refractivity contribution in [1.29, 1.82) is 0 Å². The highest BCUT2D eigenvalue weighted by atomic mass is 32.1. The summed E-state index contributed by atoms with van der Waals surface area (Å²) in [7, 11) is 0. The maximum Gasteiger partial charge on any atom is 0.387 e. The van der Waals surface area contributed by atoms with Crippen molar-refractivity contribution in [1.82, 2.24) is 0 Å². The number of carbonyl (C=O) groups excluding carboxylic acids is 1. The van der Waals surface area contributed by atoms with Crippen molar-refractivity contribution in [3.63, 3.8) is 0 Å². The molecule has 5 nitrogen and oxygen atoms in total. The Morgan fingerprint density at radius 2 is 1.88 bits per heavy atom. The molecular formula is C23H22F2N2O3S2. The number of nitrogens with one attached hydrogen (secondary N) is 2. The number of halogens is 2. The molecule has 0 amide bonds. The molecule has 32 heavy (non-hydrogen) atoms. The fraction of sp³-hybridized carbons (Fsp3) is 0.217. The number of hydrogen-bond donors (Lipinski definition) is 2. The molecule has 0 aliphatic carbocycles. The van der Waals surface area contributed by atoms with Crippen LogP contribution in [-0.4, -0.2) is 24.3 Å². The normalized spacial score (nSPS) is 10.7. The molecule has 168 valence electrons. The van der Waals surface area contributed by atoms with Gasteiger partial charge in [0.15, 0.2) is 5.11 Å². The van der Waals surface area contributed by atoms with Gasteiger partial charge in [0.05, 0.1) is 12.2 Å². The number of anilines is 2. The molecule has 1 aromatic heterocycles. The van der Waals surface area contributed by atoms with Crippen LogP contribution in [0.1, 0.15) is 33.3 Å².